The van der Waals surface area contributed by atoms with Crippen LogP contribution in [-0.4, -0.2) is 18.2 Å². The third-order valence-corrected chi connectivity index (χ3v) is 2.78. The lowest BCUT2D eigenvalue weighted by Gasteiger charge is -2.09. The molecule has 1 atom stereocenters. The molecular formula is C11H14FNO. The van der Waals surface area contributed by atoms with E-state index < -0.39 is 0 Å². The molecule has 0 saturated carbocycles. The van der Waals surface area contributed by atoms with Gasteiger partial charge in [0.05, 0.1) is 6.61 Å². The van der Waals surface area contributed by atoms with Gasteiger partial charge in [0.15, 0.2) is 0 Å². The minimum Gasteiger partial charge on any atom is -0.392 e. The highest BCUT2D eigenvalue weighted by Gasteiger charge is 2.17. The third-order valence-electron chi connectivity index (χ3n) is 2.78. The fourth-order valence-corrected chi connectivity index (χ4v) is 1.88. The van der Waals surface area contributed by atoms with E-state index in [-0.39, 0.29) is 12.4 Å². The van der Waals surface area contributed by atoms with Crippen molar-refractivity contribution in [1.82, 2.24) is 5.32 Å². The smallest absolute Gasteiger partial charge is 0.128 e. The predicted octanol–water partition coefficient (Wildman–Crippen LogP) is 1.39. The molecule has 14 heavy (non-hydrogen) atoms. The van der Waals surface area contributed by atoms with E-state index in [1.165, 1.54) is 0 Å². The number of aliphatic hydroxyl groups is 1. The molecule has 76 valence electrons. The molecule has 0 bridgehead atoms. The largest absolute Gasteiger partial charge is 0.392 e. The van der Waals surface area contributed by atoms with Gasteiger partial charge in [-0.05, 0) is 30.5 Å². The van der Waals surface area contributed by atoms with E-state index in [9.17, 15) is 4.39 Å². The zero-order valence-electron chi connectivity index (χ0n) is 7.96. The molecule has 3 heteroatoms. The summed E-state index contributed by atoms with van der Waals surface area (Å²) in [6.07, 6.45) is 1.07. The first kappa shape index (κ1) is 9.62. The predicted molar refractivity (Wildman–Crippen MR) is 52.6 cm³/mol. The van der Waals surface area contributed by atoms with Gasteiger partial charge >= 0.3 is 0 Å². The summed E-state index contributed by atoms with van der Waals surface area (Å²) in [6, 6.07) is 5.12. The molecule has 1 aliphatic rings. The highest BCUT2D eigenvalue weighted by molar-refractivity contribution is 5.27. The Morgan fingerprint density at radius 3 is 2.93 bits per heavy atom. The highest BCUT2D eigenvalue weighted by Crippen LogP contribution is 2.23. The number of nitrogens with one attached hydrogen (secondary N) is 1. The maximum absolute atomic E-state index is 13.3. The molecule has 2 rings (SSSR count). The Hall–Kier alpha value is -0.930. The second-order valence-electron chi connectivity index (χ2n) is 3.70. The summed E-state index contributed by atoms with van der Waals surface area (Å²) in [5.41, 5.74) is 1.41. The molecule has 0 aliphatic carbocycles. The number of hydrogen-bond donors (Lipinski definition) is 2. The third kappa shape index (κ3) is 1.79. The normalized spacial score (nSPS) is 21.4. The fourth-order valence-electron chi connectivity index (χ4n) is 1.88. The van der Waals surface area contributed by atoms with Gasteiger partial charge < -0.3 is 10.4 Å². The maximum Gasteiger partial charge on any atom is 0.128 e. The van der Waals surface area contributed by atoms with Gasteiger partial charge in [0.25, 0.3) is 0 Å². The van der Waals surface area contributed by atoms with E-state index >= 15 is 0 Å². The number of benzene rings is 1. The molecular weight excluding hydrogens is 181 g/mol. The molecule has 1 heterocycles. The van der Waals surface area contributed by atoms with Crippen molar-refractivity contribution < 1.29 is 9.50 Å². The standard InChI is InChI=1S/C11H14FNO/c12-11-5-8(1-2-10(11)7-14)9-3-4-13-6-9/h1-2,5,9,13-14H,3-4,6-7H2/t9-/m1/s1. The van der Waals surface area contributed by atoms with E-state index in [0.29, 0.717) is 11.5 Å². The monoisotopic (exact) mass is 195 g/mol. The average Bonchev–Trinajstić information content (AvgIpc) is 2.70. The van der Waals surface area contributed by atoms with Gasteiger partial charge in [0.1, 0.15) is 5.82 Å². The number of rotatable bonds is 2. The van der Waals surface area contributed by atoms with Crippen LogP contribution in [0.1, 0.15) is 23.5 Å². The first-order chi connectivity index (χ1) is 6.81. The molecule has 0 amide bonds. The van der Waals surface area contributed by atoms with Gasteiger partial charge in [-0.15, -0.1) is 0 Å². The summed E-state index contributed by atoms with van der Waals surface area (Å²) < 4.78 is 13.3. The van der Waals surface area contributed by atoms with Crippen LogP contribution in [0, 0.1) is 5.82 Å². The molecule has 1 saturated heterocycles. The van der Waals surface area contributed by atoms with Crippen LogP contribution < -0.4 is 5.32 Å². The zero-order chi connectivity index (χ0) is 9.97. The topological polar surface area (TPSA) is 32.3 Å². The summed E-state index contributed by atoms with van der Waals surface area (Å²) in [4.78, 5) is 0. The van der Waals surface area contributed by atoms with Gasteiger partial charge in [0, 0.05) is 12.1 Å². The quantitative estimate of drug-likeness (QED) is 0.747. The van der Waals surface area contributed by atoms with Crippen molar-refractivity contribution in [3.05, 3.63) is 35.1 Å². The molecule has 1 aromatic rings. The van der Waals surface area contributed by atoms with Crippen LogP contribution in [0.3, 0.4) is 0 Å². The Balaban J connectivity index is 2.23. The second-order valence-corrected chi connectivity index (χ2v) is 3.70. The fraction of sp³-hybridized carbons (Fsp3) is 0.455. The van der Waals surface area contributed by atoms with Crippen molar-refractivity contribution in [2.45, 2.75) is 18.9 Å². The SMILES string of the molecule is OCc1ccc([C@@H]2CCNC2)cc1F. The Kier molecular flexibility index (Phi) is 2.79. The molecule has 0 spiro atoms. The summed E-state index contributed by atoms with van der Waals surface area (Å²) >= 11 is 0. The summed E-state index contributed by atoms with van der Waals surface area (Å²) in [5.74, 6) is 0.133. The first-order valence-corrected chi connectivity index (χ1v) is 4.91. The van der Waals surface area contributed by atoms with E-state index in [0.717, 1.165) is 25.1 Å². The summed E-state index contributed by atoms with van der Waals surface area (Å²) in [6.45, 7) is 1.71. The average molecular weight is 195 g/mol. The Morgan fingerprint density at radius 2 is 2.36 bits per heavy atom. The van der Waals surface area contributed by atoms with Crippen LogP contribution in [0.25, 0.3) is 0 Å². The minimum atomic E-state index is -0.295. The van der Waals surface area contributed by atoms with Crippen LogP contribution in [0.15, 0.2) is 18.2 Å². The Bertz CT molecular complexity index is 321. The first-order valence-electron chi connectivity index (χ1n) is 4.91. The van der Waals surface area contributed by atoms with Gasteiger partial charge in [-0.25, -0.2) is 4.39 Å². The molecule has 0 aromatic heterocycles. The van der Waals surface area contributed by atoms with E-state index in [2.05, 4.69) is 5.32 Å². The van der Waals surface area contributed by atoms with Gasteiger partial charge in [-0.2, -0.15) is 0 Å². The number of hydrogen-bond acceptors (Lipinski definition) is 2. The lowest BCUT2D eigenvalue weighted by Crippen LogP contribution is -2.08. The molecule has 1 aromatic carbocycles. The Morgan fingerprint density at radius 1 is 1.50 bits per heavy atom. The molecule has 1 aliphatic heterocycles. The second kappa shape index (κ2) is 4.07. The molecule has 2 nitrogen and oxygen atoms in total. The van der Waals surface area contributed by atoms with Crippen molar-refractivity contribution >= 4 is 0 Å². The highest BCUT2D eigenvalue weighted by atomic mass is 19.1. The minimum absolute atomic E-state index is 0.227. The van der Waals surface area contributed by atoms with Crippen LogP contribution in [0.4, 0.5) is 4.39 Å². The molecule has 1 fully saturated rings. The van der Waals surface area contributed by atoms with E-state index in [1.54, 1.807) is 12.1 Å². The van der Waals surface area contributed by atoms with Gasteiger partial charge in [-0.3, -0.25) is 0 Å². The van der Waals surface area contributed by atoms with Crippen molar-refractivity contribution in [2.75, 3.05) is 13.1 Å². The zero-order valence-corrected chi connectivity index (χ0v) is 7.96. The van der Waals surface area contributed by atoms with Gasteiger partial charge in [-0.1, -0.05) is 12.1 Å². The van der Waals surface area contributed by atoms with Crippen molar-refractivity contribution in [3.63, 3.8) is 0 Å². The molecule has 0 unspecified atom stereocenters. The summed E-state index contributed by atoms with van der Waals surface area (Å²) in [7, 11) is 0. The maximum atomic E-state index is 13.3. The Labute approximate surface area is 82.8 Å². The van der Waals surface area contributed by atoms with E-state index in [1.807, 2.05) is 6.07 Å². The van der Waals surface area contributed by atoms with Crippen molar-refractivity contribution in [1.29, 1.82) is 0 Å². The number of aliphatic hydroxyl groups excluding tert-OH is 1. The van der Waals surface area contributed by atoms with Crippen LogP contribution in [0.5, 0.6) is 0 Å². The molecule has 2 N–H and O–H groups in total. The van der Waals surface area contributed by atoms with Gasteiger partial charge in [0.2, 0.25) is 0 Å². The lowest BCUT2D eigenvalue weighted by atomic mass is 9.97. The molecule has 0 radical (unpaired) electrons. The van der Waals surface area contributed by atoms with Crippen molar-refractivity contribution in [2.24, 2.45) is 0 Å². The summed E-state index contributed by atoms with van der Waals surface area (Å²) in [5, 5.41) is 12.1. The van der Waals surface area contributed by atoms with E-state index in [4.69, 9.17) is 5.11 Å². The van der Waals surface area contributed by atoms with Crippen LogP contribution >= 0.6 is 0 Å². The van der Waals surface area contributed by atoms with Crippen molar-refractivity contribution in [3.8, 4) is 0 Å². The number of halogens is 1. The van der Waals surface area contributed by atoms with Crippen LogP contribution in [-0.2, 0) is 6.61 Å². The van der Waals surface area contributed by atoms with Crippen LogP contribution in [0.2, 0.25) is 0 Å². The lowest BCUT2D eigenvalue weighted by molar-refractivity contribution is 0.275.